The highest BCUT2D eigenvalue weighted by Gasteiger charge is 2.59. The number of rotatable bonds is 10. The molecular formula is C23H26F2N3O10P. The third kappa shape index (κ3) is 7.37. The van der Waals surface area contributed by atoms with Gasteiger partial charge >= 0.3 is 19.5 Å². The minimum atomic E-state index is -4.69. The first-order valence-corrected chi connectivity index (χ1v) is 13.0. The molecule has 2 unspecified atom stereocenters. The van der Waals surface area contributed by atoms with E-state index in [1.165, 1.54) is 19.1 Å². The van der Waals surface area contributed by atoms with Crippen molar-refractivity contribution in [3.8, 4) is 17.6 Å². The molecule has 1 aliphatic heterocycles. The van der Waals surface area contributed by atoms with Gasteiger partial charge < -0.3 is 19.1 Å². The molecular weight excluding hydrogens is 547 g/mol. The normalized spacial score (nSPS) is 24.8. The maximum Gasteiger partial charge on any atom is 0.530 e. The number of aromatic nitrogens is 3. The molecule has 1 aromatic carbocycles. The quantitative estimate of drug-likeness (QED) is 0.240. The van der Waals surface area contributed by atoms with Crippen LogP contribution in [0, 0.1) is 11.8 Å². The minimum absolute atomic E-state index is 0.0219. The Labute approximate surface area is 220 Å². The molecule has 2 heterocycles. The van der Waals surface area contributed by atoms with Crippen LogP contribution in [0.25, 0.3) is 0 Å². The molecule has 16 heteroatoms. The fourth-order valence-corrected chi connectivity index (χ4v) is 4.71. The average molecular weight is 573 g/mol. The van der Waals surface area contributed by atoms with Gasteiger partial charge in [-0.15, -0.1) is 0 Å². The molecule has 13 nitrogen and oxygen atoms in total. The molecule has 0 saturated carbocycles. The summed E-state index contributed by atoms with van der Waals surface area (Å²) in [5, 5.41) is 14.2. The number of esters is 1. The second-order valence-electron chi connectivity index (χ2n) is 8.44. The lowest BCUT2D eigenvalue weighted by atomic mass is 9.97. The van der Waals surface area contributed by atoms with E-state index in [2.05, 4.69) is 5.10 Å². The van der Waals surface area contributed by atoms with Gasteiger partial charge in [0, 0.05) is 0 Å². The number of H-pyrrole nitrogens is 1. The summed E-state index contributed by atoms with van der Waals surface area (Å²) in [6.07, 6.45) is -7.26. The highest BCUT2D eigenvalue weighted by molar-refractivity contribution is 7.49. The molecule has 1 aliphatic rings. The van der Waals surface area contributed by atoms with Crippen molar-refractivity contribution in [2.75, 3.05) is 13.3 Å². The van der Waals surface area contributed by atoms with Gasteiger partial charge in [0.1, 0.15) is 30.8 Å². The highest BCUT2D eigenvalue weighted by atomic mass is 31.2. The zero-order valence-corrected chi connectivity index (χ0v) is 21.9. The number of aliphatic hydroxyl groups excluding tert-OH is 1. The maximum absolute atomic E-state index is 15.9. The summed E-state index contributed by atoms with van der Waals surface area (Å²) in [4.78, 5) is 37.7. The van der Waals surface area contributed by atoms with Crippen LogP contribution >= 0.6 is 7.82 Å². The predicted molar refractivity (Wildman–Crippen MR) is 129 cm³/mol. The van der Waals surface area contributed by atoms with Gasteiger partial charge in [0.05, 0.1) is 12.7 Å². The number of aliphatic hydroxyl groups is 1. The van der Waals surface area contributed by atoms with Gasteiger partial charge in [0.25, 0.3) is 5.56 Å². The Hall–Kier alpha value is -3.41. The van der Waals surface area contributed by atoms with E-state index in [0.29, 0.717) is 10.9 Å². The van der Waals surface area contributed by atoms with Crippen LogP contribution in [-0.4, -0.2) is 69.2 Å². The number of phosphoric acid groups is 1. The molecule has 1 aromatic heterocycles. The van der Waals surface area contributed by atoms with Gasteiger partial charge in [-0.3, -0.25) is 18.8 Å². The summed E-state index contributed by atoms with van der Waals surface area (Å²) in [5.41, 5.74) is -5.21. The second kappa shape index (κ2) is 12.6. The molecule has 1 saturated heterocycles. The molecule has 39 heavy (non-hydrogen) atoms. The first-order valence-electron chi connectivity index (χ1n) is 11.5. The number of alkyl halides is 2. The number of halogens is 2. The number of phosphoric ester groups is 1. The molecule has 2 aromatic rings. The average Bonchev–Trinajstić information content (AvgIpc) is 3.11. The number of benzene rings is 1. The number of carbonyl (C=O) groups excluding carboxylic acids is 1. The van der Waals surface area contributed by atoms with E-state index in [-0.39, 0.29) is 5.75 Å². The van der Waals surface area contributed by atoms with Crippen LogP contribution in [0.15, 0.2) is 46.1 Å². The third-order valence-electron chi connectivity index (χ3n) is 5.08. The standard InChI is InChI=1S/C23H26F2N3O10P/c1-14(2)35-20(31)15(3)37-39(33,38-16-8-5-4-6-9-16)34-13-17-19(30)23(25,10-7-11-24)21(36-17)28-22(32)27-18(29)12-26-28/h4-6,8-9,12,14-15,17,19,21,30H,11,13H2,1-3H3,(H,27,29,32)/t15-,17+,19?,21+,23+,39?/m0/s1. The lowest BCUT2D eigenvalue weighted by Gasteiger charge is -2.24. The van der Waals surface area contributed by atoms with E-state index in [4.69, 9.17) is 23.0 Å². The molecule has 212 valence electrons. The number of para-hydroxylation sites is 1. The number of nitrogens with one attached hydrogen (secondary N) is 1. The SMILES string of the molecule is CC(C)OC(=O)[C@H](C)OP(=O)(OC[C@H]1O[C@@H](n2ncc(=O)[nH]c2=O)[C@@](F)(C#CCF)C1O)Oc1ccccc1. The zero-order valence-electron chi connectivity index (χ0n) is 21.0. The van der Waals surface area contributed by atoms with E-state index in [0.717, 1.165) is 0 Å². The molecule has 0 amide bonds. The van der Waals surface area contributed by atoms with Crippen molar-refractivity contribution >= 4 is 13.8 Å². The van der Waals surface area contributed by atoms with E-state index in [1.54, 1.807) is 32.0 Å². The van der Waals surface area contributed by atoms with Crippen LogP contribution in [0.5, 0.6) is 5.75 Å². The Kier molecular flexibility index (Phi) is 9.76. The molecule has 0 spiro atoms. The summed E-state index contributed by atoms with van der Waals surface area (Å²) in [6.45, 7) is 2.24. The van der Waals surface area contributed by atoms with Gasteiger partial charge in [-0.25, -0.2) is 22.9 Å². The lowest BCUT2D eigenvalue weighted by Crippen LogP contribution is -2.46. The molecule has 0 radical (unpaired) electrons. The molecule has 1 fully saturated rings. The van der Waals surface area contributed by atoms with Crippen molar-refractivity contribution in [2.24, 2.45) is 0 Å². The molecule has 3 rings (SSSR count). The fraction of sp³-hybridized carbons (Fsp3) is 0.478. The monoisotopic (exact) mass is 573 g/mol. The lowest BCUT2D eigenvalue weighted by molar-refractivity contribution is -0.156. The summed E-state index contributed by atoms with van der Waals surface area (Å²) in [6, 6.07) is 7.60. The minimum Gasteiger partial charge on any atom is -0.461 e. The van der Waals surface area contributed by atoms with Gasteiger partial charge in [0.2, 0.25) is 11.9 Å². The Balaban J connectivity index is 1.88. The van der Waals surface area contributed by atoms with Crippen molar-refractivity contribution in [3.63, 3.8) is 0 Å². The number of carbonyl (C=O) groups is 1. The van der Waals surface area contributed by atoms with E-state index in [9.17, 15) is 28.4 Å². The maximum atomic E-state index is 15.9. The van der Waals surface area contributed by atoms with E-state index < -0.39 is 74.6 Å². The Morgan fingerprint density at radius 2 is 2.00 bits per heavy atom. The van der Waals surface area contributed by atoms with Gasteiger partial charge in [-0.2, -0.15) is 9.78 Å². The van der Waals surface area contributed by atoms with Crippen LogP contribution < -0.4 is 15.8 Å². The van der Waals surface area contributed by atoms with Crippen LogP contribution in [0.2, 0.25) is 0 Å². The van der Waals surface area contributed by atoms with Gasteiger partial charge in [-0.1, -0.05) is 30.0 Å². The number of ether oxygens (including phenoxy) is 2. The summed E-state index contributed by atoms with van der Waals surface area (Å²) in [7, 11) is -4.69. The topological polar surface area (TPSA) is 168 Å². The molecule has 0 bridgehead atoms. The smallest absolute Gasteiger partial charge is 0.461 e. The van der Waals surface area contributed by atoms with E-state index >= 15 is 4.39 Å². The van der Waals surface area contributed by atoms with Crippen molar-refractivity contribution in [1.29, 1.82) is 0 Å². The number of aromatic amines is 1. The first kappa shape index (κ1) is 30.1. The van der Waals surface area contributed by atoms with Crippen LogP contribution in [0.1, 0.15) is 27.0 Å². The van der Waals surface area contributed by atoms with Gasteiger partial charge in [0.15, 0.2) is 6.10 Å². The molecule has 6 atom stereocenters. The van der Waals surface area contributed by atoms with Crippen molar-refractivity contribution in [3.05, 3.63) is 57.4 Å². The highest BCUT2D eigenvalue weighted by Crippen LogP contribution is 2.52. The zero-order chi connectivity index (χ0) is 28.8. The predicted octanol–water partition coefficient (Wildman–Crippen LogP) is 1.43. The van der Waals surface area contributed by atoms with Crippen molar-refractivity contribution in [1.82, 2.24) is 14.8 Å². The summed E-state index contributed by atoms with van der Waals surface area (Å²) < 4.78 is 69.0. The number of hydrogen-bond acceptors (Lipinski definition) is 11. The van der Waals surface area contributed by atoms with Gasteiger partial charge in [-0.05, 0) is 32.9 Å². The first-order chi connectivity index (χ1) is 18.4. The largest absolute Gasteiger partial charge is 0.530 e. The second-order valence-corrected chi connectivity index (χ2v) is 9.99. The fourth-order valence-electron chi connectivity index (χ4n) is 3.37. The van der Waals surface area contributed by atoms with Crippen LogP contribution in [0.3, 0.4) is 0 Å². The Morgan fingerprint density at radius 3 is 2.62 bits per heavy atom. The van der Waals surface area contributed by atoms with Crippen LogP contribution in [0.4, 0.5) is 8.78 Å². The van der Waals surface area contributed by atoms with Crippen molar-refractivity contribution < 1.29 is 46.3 Å². The van der Waals surface area contributed by atoms with Crippen molar-refractivity contribution in [2.45, 2.75) is 57.1 Å². The molecule has 0 aliphatic carbocycles. The third-order valence-corrected chi connectivity index (χ3v) is 6.55. The number of hydrogen-bond donors (Lipinski definition) is 2. The Morgan fingerprint density at radius 1 is 1.31 bits per heavy atom. The van der Waals surface area contributed by atoms with Crippen LogP contribution in [-0.2, 0) is 27.9 Å². The Bertz CT molecular complexity index is 1380. The molecule has 2 N–H and O–H groups in total. The summed E-state index contributed by atoms with van der Waals surface area (Å²) >= 11 is 0. The summed E-state index contributed by atoms with van der Waals surface area (Å²) in [5.74, 6) is 2.84. The number of nitrogens with zero attached hydrogens (tertiary/aromatic N) is 2. The van der Waals surface area contributed by atoms with E-state index in [1.807, 2.05) is 16.8 Å².